The zero-order valence-corrected chi connectivity index (χ0v) is 12.3. The molecule has 1 heterocycles. The van der Waals surface area contributed by atoms with Crippen LogP contribution in [-0.2, 0) is 17.1 Å². The molecule has 0 aliphatic rings. The van der Waals surface area contributed by atoms with Crippen LogP contribution in [0.2, 0.25) is 0 Å². The van der Waals surface area contributed by atoms with Crippen LogP contribution >= 0.6 is 0 Å². The van der Waals surface area contributed by atoms with Crippen molar-refractivity contribution in [2.75, 3.05) is 0 Å². The molecule has 1 unspecified atom stereocenters. The summed E-state index contributed by atoms with van der Waals surface area (Å²) in [7, 11) is -1.92. The van der Waals surface area contributed by atoms with E-state index < -0.39 is 15.3 Å². The van der Waals surface area contributed by atoms with E-state index in [9.17, 15) is 13.7 Å². The van der Waals surface area contributed by atoms with E-state index in [1.807, 2.05) is 36.9 Å². The van der Waals surface area contributed by atoms with Gasteiger partial charge in [-0.3, -0.25) is 0 Å². The Balaban J connectivity index is 2.63. The lowest BCUT2D eigenvalue weighted by Gasteiger charge is -2.08. The fraction of sp³-hybridized carbons (Fsp3) is 0.286. The Morgan fingerprint density at radius 1 is 1.45 bits per heavy atom. The Kier molecular flexibility index (Phi) is 3.64. The van der Waals surface area contributed by atoms with Crippen molar-refractivity contribution in [3.05, 3.63) is 35.5 Å². The molecule has 6 heteroatoms. The monoisotopic (exact) mass is 289 g/mol. The minimum atomic E-state index is -3.85. The molecule has 2 rings (SSSR count). The van der Waals surface area contributed by atoms with E-state index in [-0.39, 0.29) is 0 Å². The van der Waals surface area contributed by atoms with Gasteiger partial charge in [0.25, 0.3) is 10.0 Å². The van der Waals surface area contributed by atoms with Crippen LogP contribution in [-0.4, -0.2) is 19.2 Å². The second-order valence-electron chi connectivity index (χ2n) is 4.59. The van der Waals surface area contributed by atoms with E-state index >= 15 is 0 Å². The number of sulfonamides is 1. The van der Waals surface area contributed by atoms with Crippen LogP contribution in [0.15, 0.2) is 28.8 Å². The van der Waals surface area contributed by atoms with E-state index in [1.54, 1.807) is 12.1 Å². The Morgan fingerprint density at radius 3 is 2.75 bits per heavy atom. The average molecular weight is 289 g/mol. The Morgan fingerprint density at radius 2 is 2.15 bits per heavy atom. The van der Waals surface area contributed by atoms with Crippen LogP contribution < -0.4 is 0 Å². The van der Waals surface area contributed by atoms with E-state index in [0.29, 0.717) is 5.56 Å². The van der Waals surface area contributed by atoms with Crippen LogP contribution in [0.1, 0.15) is 23.3 Å². The minimum absolute atomic E-state index is 0.444. The number of hydrogen-bond acceptors (Lipinski definition) is 3. The maximum Gasteiger partial charge on any atom is 0.273 e. The summed E-state index contributed by atoms with van der Waals surface area (Å²) in [6, 6.07) is 7.07. The Hall–Kier alpha value is -2.13. The molecule has 20 heavy (non-hydrogen) atoms. The number of hydrogen-bond donors (Lipinski definition) is 0. The second-order valence-corrected chi connectivity index (χ2v) is 6.30. The number of nitrogens with zero attached hydrogens (tertiary/aromatic N) is 3. The number of rotatable bonds is 3. The molecule has 0 aliphatic heterocycles. The summed E-state index contributed by atoms with van der Waals surface area (Å²) in [5.41, 5.74) is 2.48. The summed E-state index contributed by atoms with van der Waals surface area (Å²) < 4.78 is 29.3. The molecule has 0 saturated carbocycles. The first kappa shape index (κ1) is 14.3. The van der Waals surface area contributed by atoms with Crippen molar-refractivity contribution in [3.63, 3.8) is 0 Å². The van der Waals surface area contributed by atoms with Crippen LogP contribution in [0.4, 0.5) is 0 Å². The standard InChI is InChI=1S/C14H15N3O2S/c1-4-16-20(18,19)14(8-15)11-5-6-13-12(7-11)10(2)9-17(13)3/h4-7,9,14H,1-3H3/b16-4-. The van der Waals surface area contributed by atoms with E-state index in [4.69, 9.17) is 0 Å². The number of benzene rings is 1. The molecule has 0 spiro atoms. The maximum atomic E-state index is 12.0. The van der Waals surface area contributed by atoms with E-state index in [1.165, 1.54) is 13.1 Å². The first-order valence-electron chi connectivity index (χ1n) is 6.09. The molecule has 0 radical (unpaired) electrons. The lowest BCUT2D eigenvalue weighted by atomic mass is 10.1. The topological polar surface area (TPSA) is 75.2 Å². The van der Waals surface area contributed by atoms with Gasteiger partial charge in [-0.25, -0.2) is 8.42 Å². The van der Waals surface area contributed by atoms with Crippen molar-refractivity contribution < 1.29 is 8.42 Å². The first-order valence-corrected chi connectivity index (χ1v) is 7.60. The van der Waals surface area contributed by atoms with Crippen molar-refractivity contribution in [3.8, 4) is 6.07 Å². The molecule has 0 N–H and O–H groups in total. The lowest BCUT2D eigenvalue weighted by Crippen LogP contribution is -2.09. The van der Waals surface area contributed by atoms with Gasteiger partial charge in [-0.05, 0) is 37.1 Å². The molecular weight excluding hydrogens is 274 g/mol. The highest BCUT2D eigenvalue weighted by atomic mass is 32.2. The molecule has 0 amide bonds. The largest absolute Gasteiger partial charge is 0.350 e. The lowest BCUT2D eigenvalue weighted by molar-refractivity contribution is 0.593. The number of aromatic nitrogens is 1. The molecule has 2 aromatic rings. The van der Waals surface area contributed by atoms with Crippen molar-refractivity contribution in [1.82, 2.24) is 4.57 Å². The summed E-state index contributed by atoms with van der Waals surface area (Å²) >= 11 is 0. The van der Waals surface area contributed by atoms with E-state index in [2.05, 4.69) is 4.40 Å². The molecule has 1 aromatic heterocycles. The van der Waals surface area contributed by atoms with Crippen LogP contribution in [0.5, 0.6) is 0 Å². The second kappa shape index (κ2) is 5.10. The van der Waals surface area contributed by atoms with Crippen LogP contribution in [0.3, 0.4) is 0 Å². The van der Waals surface area contributed by atoms with Crippen LogP contribution in [0, 0.1) is 18.3 Å². The highest BCUT2D eigenvalue weighted by molar-refractivity contribution is 7.90. The van der Waals surface area contributed by atoms with Gasteiger partial charge in [0, 0.05) is 30.4 Å². The molecule has 1 aromatic carbocycles. The van der Waals surface area contributed by atoms with Crippen molar-refractivity contribution >= 4 is 27.1 Å². The zero-order chi connectivity index (χ0) is 14.9. The zero-order valence-electron chi connectivity index (χ0n) is 11.5. The minimum Gasteiger partial charge on any atom is -0.350 e. The normalized spacial score (nSPS) is 13.7. The van der Waals surface area contributed by atoms with Gasteiger partial charge < -0.3 is 4.57 Å². The quantitative estimate of drug-likeness (QED) is 0.814. The summed E-state index contributed by atoms with van der Waals surface area (Å²) in [5, 5.41) is 8.85. The molecule has 0 aliphatic carbocycles. The van der Waals surface area contributed by atoms with Gasteiger partial charge in [0.1, 0.15) is 0 Å². The van der Waals surface area contributed by atoms with Gasteiger partial charge in [0.05, 0.1) is 6.07 Å². The fourth-order valence-electron chi connectivity index (χ4n) is 2.29. The predicted molar refractivity (Wildman–Crippen MR) is 79.1 cm³/mol. The summed E-state index contributed by atoms with van der Waals surface area (Å²) in [4.78, 5) is 0. The van der Waals surface area contributed by atoms with Gasteiger partial charge in [-0.15, -0.1) is 0 Å². The van der Waals surface area contributed by atoms with Gasteiger partial charge in [-0.1, -0.05) is 6.07 Å². The van der Waals surface area contributed by atoms with Gasteiger partial charge in [0.15, 0.2) is 5.25 Å². The van der Waals surface area contributed by atoms with Crippen molar-refractivity contribution in [1.29, 1.82) is 5.26 Å². The van der Waals surface area contributed by atoms with Crippen molar-refractivity contribution in [2.24, 2.45) is 11.4 Å². The summed E-state index contributed by atoms with van der Waals surface area (Å²) in [6.07, 6.45) is 3.15. The first-order chi connectivity index (χ1) is 9.40. The fourth-order valence-corrected chi connectivity index (χ4v) is 3.33. The summed E-state index contributed by atoms with van der Waals surface area (Å²) in [6.45, 7) is 3.46. The smallest absolute Gasteiger partial charge is 0.273 e. The highest BCUT2D eigenvalue weighted by Crippen LogP contribution is 2.28. The van der Waals surface area contributed by atoms with Crippen molar-refractivity contribution in [2.45, 2.75) is 19.1 Å². The average Bonchev–Trinajstić information content (AvgIpc) is 2.65. The Labute approximate surface area is 118 Å². The third-order valence-corrected chi connectivity index (χ3v) is 4.66. The Bertz CT molecular complexity index is 826. The molecule has 1 atom stereocenters. The number of aryl methyl sites for hydroxylation is 2. The van der Waals surface area contributed by atoms with Crippen LogP contribution in [0.25, 0.3) is 10.9 Å². The molecular formula is C14H15N3O2S. The molecule has 0 saturated heterocycles. The SMILES string of the molecule is C/C=N\S(=O)(=O)C(C#N)c1ccc2c(c1)c(C)cn2C. The number of nitriles is 1. The third-order valence-electron chi connectivity index (χ3n) is 3.18. The number of fused-ring (bicyclic) bond motifs is 1. The molecule has 0 bridgehead atoms. The van der Waals surface area contributed by atoms with Gasteiger partial charge >= 0.3 is 0 Å². The summed E-state index contributed by atoms with van der Waals surface area (Å²) in [5.74, 6) is 0. The van der Waals surface area contributed by atoms with E-state index in [0.717, 1.165) is 16.5 Å². The third kappa shape index (κ3) is 2.32. The predicted octanol–water partition coefficient (Wildman–Crippen LogP) is 2.47. The highest BCUT2D eigenvalue weighted by Gasteiger charge is 2.26. The van der Waals surface area contributed by atoms with Gasteiger partial charge in [0.2, 0.25) is 0 Å². The molecule has 5 nitrogen and oxygen atoms in total. The maximum absolute atomic E-state index is 12.0. The van der Waals surface area contributed by atoms with Gasteiger partial charge in [-0.2, -0.15) is 9.66 Å². The molecule has 0 fully saturated rings. The molecule has 104 valence electrons.